The Bertz CT molecular complexity index is 3030. The van der Waals surface area contributed by atoms with Gasteiger partial charge in [-0.1, -0.05) is 81.4 Å². The van der Waals surface area contributed by atoms with E-state index in [-0.39, 0.29) is 49.1 Å². The number of rotatable bonds is 14. The van der Waals surface area contributed by atoms with Crippen LogP contribution in [0.3, 0.4) is 0 Å². The molecule has 19 heteroatoms. The number of benzene rings is 4. The number of nitrogens with one attached hydrogen (secondary N) is 4. The number of ether oxygens (including phenoxy) is 4. The fourth-order valence-electron chi connectivity index (χ4n) is 9.92. The number of nitrogens with zero attached hydrogens (tertiary/aromatic N) is 2. The van der Waals surface area contributed by atoms with Gasteiger partial charge in [0.05, 0.1) is 24.3 Å². The maximum atomic E-state index is 14.1. The van der Waals surface area contributed by atoms with Crippen LogP contribution in [0, 0.1) is 11.6 Å². The van der Waals surface area contributed by atoms with Gasteiger partial charge in [-0.2, -0.15) is 0 Å². The topological polar surface area (TPSA) is 197 Å². The van der Waals surface area contributed by atoms with Gasteiger partial charge in [-0.25, -0.2) is 28.0 Å². The van der Waals surface area contributed by atoms with Gasteiger partial charge in [0.1, 0.15) is 36.1 Å². The lowest BCUT2D eigenvalue weighted by atomic mass is 9.88. The molecule has 4 aromatic carbocycles. The lowest BCUT2D eigenvalue weighted by molar-refractivity contribution is 0.0113. The predicted octanol–water partition coefficient (Wildman–Crippen LogP) is 12.4. The standard InChI is InChI=1S/C33H46FN3O5Si.C27H32FN3O5/c1-32(2,3)41-31(39)37-17-16-28(42-43(7,8)33(4,5)6)29(37)26(25-19-35-27-18-23(34)14-15-24(25)27)20-36-30(38)40-21-22-12-10-9-11-13-22;1-27(2,3)36-26(34)31-12-11-23(32)24(31)21(20-14-29-22-13-18(28)9-10-19(20)22)15-30-25(33)35-16-17-7-5-4-6-8-17/h9-15,18-19,26,28-29,35H,16-17,20-21H2,1-8H3,(H,36,38);4-10,13-14,21,23-24,29,32H,11-12,15-16H2,1-3H3,(H,30,33)/t26-,28+,29-;21-,23+,24-/m11/s1. The summed E-state index contributed by atoms with van der Waals surface area (Å²) in [7, 11) is -2.26. The van der Waals surface area contributed by atoms with E-state index >= 15 is 0 Å². The van der Waals surface area contributed by atoms with Crippen LogP contribution in [0.1, 0.15) is 109 Å². The molecule has 0 saturated carbocycles. The Morgan fingerprint density at radius 1 is 0.633 bits per heavy atom. The SMILES string of the molecule is CC(C)(C)OC(=O)N1CC[C@H](O)[C@H]1[C@H](CNC(=O)OCc1ccccc1)c1c[nH]c2cc(F)ccc12.CC(C)(C)OC(=O)N1CC[C@H](O[Si](C)(C)C(C)(C)C)[C@H]1[C@H](CNC(=O)OCc1ccccc1)c1c[nH]c2cc(F)ccc12. The molecule has 0 aliphatic carbocycles. The van der Waals surface area contributed by atoms with Crippen molar-refractivity contribution in [1.29, 1.82) is 0 Å². The number of alkyl carbamates (subject to hydrolysis) is 2. The van der Waals surface area contributed by atoms with Crippen LogP contribution in [0.2, 0.25) is 18.1 Å². The molecule has 4 amide bonds. The molecule has 2 aromatic heterocycles. The molecule has 0 spiro atoms. The summed E-state index contributed by atoms with van der Waals surface area (Å²) in [5, 5.41) is 18.2. The quantitative estimate of drug-likeness (QED) is 0.0517. The second kappa shape index (κ2) is 25.0. The van der Waals surface area contributed by atoms with Gasteiger partial charge in [-0.15, -0.1) is 0 Å². The van der Waals surface area contributed by atoms with E-state index < -0.39 is 73.9 Å². The average Bonchev–Trinajstić information content (AvgIpc) is 4.26. The lowest BCUT2D eigenvalue weighted by Gasteiger charge is -2.42. The number of aliphatic hydroxyl groups is 1. The van der Waals surface area contributed by atoms with Crippen molar-refractivity contribution in [1.82, 2.24) is 30.4 Å². The summed E-state index contributed by atoms with van der Waals surface area (Å²) >= 11 is 0. The monoisotopic (exact) mass is 1110 g/mol. The number of hydrogen-bond acceptors (Lipinski definition) is 10. The molecule has 79 heavy (non-hydrogen) atoms. The Hall–Kier alpha value is -6.96. The average molecular weight is 1110 g/mol. The van der Waals surface area contributed by atoms with Crippen molar-refractivity contribution in [3.05, 3.63) is 143 Å². The first-order chi connectivity index (χ1) is 37.2. The van der Waals surface area contributed by atoms with Gasteiger partial charge in [0.15, 0.2) is 8.32 Å². The van der Waals surface area contributed by atoms with E-state index in [0.717, 1.165) is 33.0 Å². The summed E-state index contributed by atoms with van der Waals surface area (Å²) in [6.45, 7) is 23.1. The van der Waals surface area contributed by atoms with Crippen LogP contribution in [0.15, 0.2) is 109 Å². The van der Waals surface area contributed by atoms with Gasteiger partial charge in [0.25, 0.3) is 0 Å². The molecule has 2 aliphatic heterocycles. The number of aromatic amines is 2. The first-order valence-corrected chi connectivity index (χ1v) is 29.9. The molecular weight excluding hydrogens is 1030 g/mol. The van der Waals surface area contributed by atoms with Crippen LogP contribution in [0.5, 0.6) is 0 Å². The summed E-state index contributed by atoms with van der Waals surface area (Å²) in [6.07, 6.45) is 1.27. The predicted molar refractivity (Wildman–Crippen MR) is 302 cm³/mol. The minimum Gasteiger partial charge on any atom is -0.445 e. The molecule has 8 rings (SSSR count). The van der Waals surface area contributed by atoms with E-state index in [1.807, 2.05) is 87.6 Å². The molecule has 6 atom stereocenters. The Morgan fingerprint density at radius 2 is 1.05 bits per heavy atom. The van der Waals surface area contributed by atoms with E-state index in [1.54, 1.807) is 44.0 Å². The number of H-pyrrole nitrogens is 2. The Balaban J connectivity index is 0.000000232. The van der Waals surface area contributed by atoms with Crippen LogP contribution >= 0.6 is 0 Å². The van der Waals surface area contributed by atoms with Gasteiger partial charge in [-0.05, 0) is 131 Å². The summed E-state index contributed by atoms with van der Waals surface area (Å²) in [5.74, 6) is -1.66. The number of amides is 4. The third-order valence-corrected chi connectivity index (χ3v) is 19.2. The van der Waals surface area contributed by atoms with Crippen molar-refractivity contribution >= 4 is 54.5 Å². The zero-order chi connectivity index (χ0) is 57.5. The van der Waals surface area contributed by atoms with Crippen LogP contribution < -0.4 is 10.6 Å². The summed E-state index contributed by atoms with van der Waals surface area (Å²) < 4.78 is 57.2. The molecule has 2 fully saturated rings. The first-order valence-electron chi connectivity index (χ1n) is 27.0. The van der Waals surface area contributed by atoms with E-state index in [9.17, 15) is 33.1 Å². The minimum absolute atomic E-state index is 0.0514. The molecule has 426 valence electrons. The van der Waals surface area contributed by atoms with Gasteiger partial charge in [0, 0.05) is 72.2 Å². The molecule has 0 radical (unpaired) electrons. The smallest absolute Gasteiger partial charge is 0.410 e. The van der Waals surface area contributed by atoms with E-state index in [1.165, 1.54) is 29.2 Å². The molecule has 6 aromatic rings. The van der Waals surface area contributed by atoms with Crippen LogP contribution in [0.4, 0.5) is 28.0 Å². The zero-order valence-electron chi connectivity index (χ0n) is 47.3. The molecule has 16 nitrogen and oxygen atoms in total. The molecule has 2 saturated heterocycles. The Kier molecular flexibility index (Phi) is 18.9. The van der Waals surface area contributed by atoms with Crippen molar-refractivity contribution < 1.29 is 56.4 Å². The number of aromatic nitrogens is 2. The number of carbonyl (C=O) groups is 4. The maximum absolute atomic E-state index is 14.1. The number of halogens is 2. The molecule has 4 heterocycles. The van der Waals surface area contributed by atoms with Crippen LogP contribution in [-0.2, 0) is 36.6 Å². The largest absolute Gasteiger partial charge is 0.445 e. The summed E-state index contributed by atoms with van der Waals surface area (Å²) in [5.41, 5.74) is 3.15. The molecular formula is C60H78F2N6O10Si. The molecule has 0 unspecified atom stereocenters. The maximum Gasteiger partial charge on any atom is 0.410 e. The highest BCUT2D eigenvalue weighted by molar-refractivity contribution is 6.74. The zero-order valence-corrected chi connectivity index (χ0v) is 48.3. The number of fused-ring (bicyclic) bond motifs is 2. The highest BCUT2D eigenvalue weighted by Gasteiger charge is 2.50. The normalized spacial score (nSPS) is 18.6. The summed E-state index contributed by atoms with van der Waals surface area (Å²) in [4.78, 5) is 61.7. The van der Waals surface area contributed by atoms with Crippen LogP contribution in [0.25, 0.3) is 21.8 Å². The lowest BCUT2D eigenvalue weighted by Crippen LogP contribution is -2.52. The van der Waals surface area contributed by atoms with Crippen molar-refractivity contribution in [3.8, 4) is 0 Å². The van der Waals surface area contributed by atoms with Crippen LogP contribution in [-0.4, -0.2) is 119 Å². The van der Waals surface area contributed by atoms with Crippen molar-refractivity contribution in [2.45, 2.75) is 154 Å². The molecule has 0 bridgehead atoms. The van der Waals surface area contributed by atoms with Crippen molar-refractivity contribution in [3.63, 3.8) is 0 Å². The van der Waals surface area contributed by atoms with Gasteiger partial charge in [-0.3, -0.25) is 0 Å². The van der Waals surface area contributed by atoms with Gasteiger partial charge in [0.2, 0.25) is 0 Å². The van der Waals surface area contributed by atoms with E-state index in [4.69, 9.17) is 23.4 Å². The molecule has 5 N–H and O–H groups in total. The van der Waals surface area contributed by atoms with Gasteiger partial charge >= 0.3 is 24.4 Å². The number of likely N-dealkylation sites (tertiary alicyclic amines) is 2. The Morgan fingerprint density at radius 3 is 1.48 bits per heavy atom. The number of carbonyl (C=O) groups excluding carboxylic acids is 4. The van der Waals surface area contributed by atoms with E-state index in [0.29, 0.717) is 37.0 Å². The molecule has 2 aliphatic rings. The minimum atomic E-state index is -2.26. The van der Waals surface area contributed by atoms with Crippen molar-refractivity contribution in [2.24, 2.45) is 0 Å². The second-order valence-corrected chi connectivity index (χ2v) is 28.6. The third-order valence-electron chi connectivity index (χ3n) is 14.7. The number of hydrogen-bond donors (Lipinski definition) is 5. The highest BCUT2D eigenvalue weighted by atomic mass is 28.4. The third kappa shape index (κ3) is 15.7. The summed E-state index contributed by atoms with van der Waals surface area (Å²) in [6, 6.07) is 26.6. The second-order valence-electron chi connectivity index (χ2n) is 23.9. The van der Waals surface area contributed by atoms with Gasteiger partial charge < -0.3 is 58.9 Å². The highest BCUT2D eigenvalue weighted by Crippen LogP contribution is 2.43. The number of aliphatic hydroxyl groups excluding tert-OH is 1. The Labute approximate surface area is 463 Å². The fraction of sp³-hybridized carbons (Fsp3) is 0.467. The van der Waals surface area contributed by atoms with E-state index in [2.05, 4.69) is 54.5 Å². The first kappa shape index (κ1) is 59.7. The fourth-order valence-corrected chi connectivity index (χ4v) is 11.3. The van der Waals surface area contributed by atoms with Crippen molar-refractivity contribution in [2.75, 3.05) is 26.2 Å².